The SMILES string of the molecule is CCOC(=O)C=Cc1scc(-c2ccc(-n3ccnc3C)s2)c1-c1ccc(NS(C)(=O)=O)cc1C. The summed E-state index contributed by atoms with van der Waals surface area (Å²) in [7, 11) is -3.38. The summed E-state index contributed by atoms with van der Waals surface area (Å²) < 4.78 is 33.0. The maximum atomic E-state index is 12.0. The molecule has 0 bridgehead atoms. The Labute approximate surface area is 212 Å². The Morgan fingerprint density at radius 3 is 2.66 bits per heavy atom. The van der Waals surface area contributed by atoms with Crippen LogP contribution >= 0.6 is 22.7 Å². The molecule has 0 aliphatic heterocycles. The zero-order chi connectivity index (χ0) is 25.2. The van der Waals surface area contributed by atoms with E-state index in [0.29, 0.717) is 12.3 Å². The summed E-state index contributed by atoms with van der Waals surface area (Å²) in [5.74, 6) is 0.513. The van der Waals surface area contributed by atoms with Crippen LogP contribution in [0.5, 0.6) is 0 Å². The lowest BCUT2D eigenvalue weighted by Gasteiger charge is -2.12. The van der Waals surface area contributed by atoms with E-state index in [1.54, 1.807) is 47.9 Å². The Hall–Kier alpha value is -3.21. The molecule has 0 saturated heterocycles. The zero-order valence-electron chi connectivity index (χ0n) is 19.7. The molecular formula is C25H25N3O4S3. The summed E-state index contributed by atoms with van der Waals surface area (Å²) in [6.45, 7) is 5.98. The Morgan fingerprint density at radius 2 is 2.00 bits per heavy atom. The molecule has 1 N–H and O–H groups in total. The van der Waals surface area contributed by atoms with Gasteiger partial charge in [0, 0.05) is 50.4 Å². The van der Waals surface area contributed by atoms with Gasteiger partial charge in [0.25, 0.3) is 0 Å². The summed E-state index contributed by atoms with van der Waals surface area (Å²) in [5.41, 5.74) is 4.39. The Balaban J connectivity index is 1.81. The van der Waals surface area contributed by atoms with Gasteiger partial charge in [0.15, 0.2) is 0 Å². The van der Waals surface area contributed by atoms with Gasteiger partial charge in [-0.25, -0.2) is 18.2 Å². The molecule has 3 heterocycles. The highest BCUT2D eigenvalue weighted by Crippen LogP contribution is 2.44. The molecule has 4 aromatic rings. The topological polar surface area (TPSA) is 90.3 Å². The van der Waals surface area contributed by atoms with Crippen LogP contribution in [0.15, 0.2) is 54.2 Å². The third-order valence-corrected chi connectivity index (χ3v) is 7.87. The lowest BCUT2D eigenvalue weighted by molar-refractivity contribution is -0.137. The van der Waals surface area contributed by atoms with Crippen molar-refractivity contribution in [2.24, 2.45) is 0 Å². The number of ether oxygens (including phenoxy) is 1. The monoisotopic (exact) mass is 527 g/mol. The summed E-state index contributed by atoms with van der Waals surface area (Å²) in [5, 5.41) is 3.14. The van der Waals surface area contributed by atoms with Crippen molar-refractivity contribution in [3.8, 4) is 26.6 Å². The van der Waals surface area contributed by atoms with Crippen LogP contribution in [-0.2, 0) is 19.6 Å². The van der Waals surface area contributed by atoms with Crippen molar-refractivity contribution in [3.63, 3.8) is 0 Å². The molecule has 10 heteroatoms. The first-order valence-corrected chi connectivity index (χ1v) is 14.4. The van der Waals surface area contributed by atoms with E-state index < -0.39 is 16.0 Å². The van der Waals surface area contributed by atoms with E-state index >= 15 is 0 Å². The number of thiophene rings is 2. The quantitative estimate of drug-likeness (QED) is 0.228. The molecule has 4 rings (SSSR count). The number of benzene rings is 1. The van der Waals surface area contributed by atoms with Gasteiger partial charge in [0.2, 0.25) is 10.0 Å². The Kier molecular flexibility index (Phi) is 7.25. The first-order chi connectivity index (χ1) is 16.7. The van der Waals surface area contributed by atoms with Crippen LogP contribution in [0.1, 0.15) is 23.2 Å². The predicted molar refractivity (Wildman–Crippen MR) is 144 cm³/mol. The maximum Gasteiger partial charge on any atom is 0.330 e. The van der Waals surface area contributed by atoms with Crippen LogP contribution < -0.4 is 4.72 Å². The van der Waals surface area contributed by atoms with Crippen LogP contribution in [0.25, 0.3) is 32.6 Å². The first-order valence-electron chi connectivity index (χ1n) is 10.8. The van der Waals surface area contributed by atoms with Crippen molar-refractivity contribution < 1.29 is 17.9 Å². The largest absolute Gasteiger partial charge is 0.463 e. The minimum atomic E-state index is -3.38. The number of anilines is 1. The van der Waals surface area contributed by atoms with E-state index in [0.717, 1.165) is 49.1 Å². The molecule has 0 aliphatic rings. The molecule has 1 aromatic carbocycles. The molecule has 182 valence electrons. The van der Waals surface area contributed by atoms with E-state index in [-0.39, 0.29) is 0 Å². The fourth-order valence-corrected chi connectivity index (χ4v) is 6.39. The van der Waals surface area contributed by atoms with Crippen molar-refractivity contribution >= 4 is 50.4 Å². The number of aryl methyl sites for hydroxylation is 2. The van der Waals surface area contributed by atoms with Gasteiger partial charge in [0.1, 0.15) is 10.8 Å². The van der Waals surface area contributed by atoms with Crippen LogP contribution in [0, 0.1) is 13.8 Å². The minimum Gasteiger partial charge on any atom is -0.463 e. The number of esters is 1. The molecule has 0 saturated carbocycles. The molecule has 7 nitrogen and oxygen atoms in total. The number of rotatable bonds is 8. The smallest absolute Gasteiger partial charge is 0.330 e. The van der Waals surface area contributed by atoms with Crippen LogP contribution in [0.3, 0.4) is 0 Å². The standard InChI is InChI=1S/C25H25N3O4S3/c1-5-32-24(29)11-9-22-25(19-7-6-18(14-16(19)2)27-35(4,30)31)20(15-33-22)21-8-10-23(34-21)28-13-12-26-17(28)3/h6-15,27H,5H2,1-4H3. The second kappa shape index (κ2) is 10.2. The number of nitrogens with zero attached hydrogens (tertiary/aromatic N) is 2. The summed E-state index contributed by atoms with van der Waals surface area (Å²) in [6, 6.07) is 9.61. The number of imidazole rings is 1. The van der Waals surface area contributed by atoms with E-state index in [1.807, 2.05) is 36.7 Å². The lowest BCUT2D eigenvalue weighted by Crippen LogP contribution is -2.09. The molecule has 0 atom stereocenters. The number of hydrogen-bond acceptors (Lipinski definition) is 7. The molecule has 0 amide bonds. The molecule has 35 heavy (non-hydrogen) atoms. The number of aromatic nitrogens is 2. The van der Waals surface area contributed by atoms with Crippen molar-refractivity contribution in [1.82, 2.24) is 9.55 Å². The minimum absolute atomic E-state index is 0.311. The number of sulfonamides is 1. The maximum absolute atomic E-state index is 12.0. The molecule has 0 spiro atoms. The van der Waals surface area contributed by atoms with Crippen LogP contribution in [0.2, 0.25) is 0 Å². The third-order valence-electron chi connectivity index (χ3n) is 5.20. The highest BCUT2D eigenvalue weighted by atomic mass is 32.2. The lowest BCUT2D eigenvalue weighted by atomic mass is 9.96. The third kappa shape index (κ3) is 5.72. The highest BCUT2D eigenvalue weighted by molar-refractivity contribution is 7.92. The van der Waals surface area contributed by atoms with E-state index in [1.165, 1.54) is 6.08 Å². The molecule has 3 aromatic heterocycles. The van der Waals surface area contributed by atoms with Crippen molar-refractivity contribution in [2.75, 3.05) is 17.6 Å². The molecular weight excluding hydrogens is 502 g/mol. The number of hydrogen-bond donors (Lipinski definition) is 1. The summed E-state index contributed by atoms with van der Waals surface area (Å²) >= 11 is 3.19. The van der Waals surface area contributed by atoms with Gasteiger partial charge in [-0.3, -0.25) is 9.29 Å². The molecule has 0 aliphatic carbocycles. The molecule has 0 fully saturated rings. The van der Waals surface area contributed by atoms with Gasteiger partial charge >= 0.3 is 5.97 Å². The second-order valence-corrected chi connectivity index (χ2v) is 11.6. The normalized spacial score (nSPS) is 11.8. The van der Waals surface area contributed by atoms with Gasteiger partial charge in [-0.05, 0) is 62.2 Å². The van der Waals surface area contributed by atoms with E-state index in [9.17, 15) is 13.2 Å². The van der Waals surface area contributed by atoms with Gasteiger partial charge in [0.05, 0.1) is 12.9 Å². The van der Waals surface area contributed by atoms with Gasteiger partial charge < -0.3 is 4.74 Å². The summed E-state index contributed by atoms with van der Waals surface area (Å²) in [6.07, 6.45) is 8.05. The second-order valence-electron chi connectivity index (χ2n) is 7.86. The van der Waals surface area contributed by atoms with E-state index in [2.05, 4.69) is 27.2 Å². The average Bonchev–Trinajstić information content (AvgIpc) is 3.50. The van der Waals surface area contributed by atoms with Gasteiger partial charge in [-0.15, -0.1) is 22.7 Å². The van der Waals surface area contributed by atoms with Crippen molar-refractivity contribution in [3.05, 3.63) is 70.4 Å². The van der Waals surface area contributed by atoms with Crippen molar-refractivity contribution in [2.45, 2.75) is 20.8 Å². The van der Waals surface area contributed by atoms with E-state index in [4.69, 9.17) is 4.74 Å². The van der Waals surface area contributed by atoms with Gasteiger partial charge in [-0.1, -0.05) is 6.07 Å². The van der Waals surface area contributed by atoms with Crippen LogP contribution in [-0.4, -0.2) is 36.8 Å². The highest BCUT2D eigenvalue weighted by Gasteiger charge is 2.19. The van der Waals surface area contributed by atoms with Crippen LogP contribution in [0.4, 0.5) is 5.69 Å². The Bertz CT molecular complexity index is 1510. The fourth-order valence-electron chi connectivity index (χ4n) is 3.72. The first kappa shape index (κ1) is 24.9. The van der Waals surface area contributed by atoms with Crippen molar-refractivity contribution in [1.29, 1.82) is 0 Å². The average molecular weight is 528 g/mol. The number of carbonyl (C=O) groups excluding carboxylic acids is 1. The molecule has 0 unspecified atom stereocenters. The summed E-state index contributed by atoms with van der Waals surface area (Å²) in [4.78, 5) is 18.3. The predicted octanol–water partition coefficient (Wildman–Crippen LogP) is 5.89. The zero-order valence-corrected chi connectivity index (χ0v) is 22.2. The number of nitrogens with one attached hydrogen (secondary N) is 1. The molecule has 0 radical (unpaired) electrons. The Morgan fingerprint density at radius 1 is 1.20 bits per heavy atom. The fraction of sp³-hybridized carbons (Fsp3) is 0.200. The van der Waals surface area contributed by atoms with Gasteiger partial charge in [-0.2, -0.15) is 0 Å². The number of carbonyl (C=O) groups is 1.